The van der Waals surface area contributed by atoms with Crippen molar-refractivity contribution in [3.05, 3.63) is 27.7 Å². The summed E-state index contributed by atoms with van der Waals surface area (Å²) in [6.07, 6.45) is 3.50. The third-order valence-corrected chi connectivity index (χ3v) is 4.23. The molecule has 0 spiro atoms. The number of fused-ring (bicyclic) bond motifs is 1. The molecule has 1 unspecified atom stereocenters. The fourth-order valence-electron chi connectivity index (χ4n) is 2.49. The normalized spacial score (nSPS) is 19.5. The van der Waals surface area contributed by atoms with Crippen molar-refractivity contribution in [2.75, 3.05) is 19.9 Å². The van der Waals surface area contributed by atoms with Gasteiger partial charge in [0.1, 0.15) is 11.6 Å². The molecule has 2 aliphatic rings. The van der Waals surface area contributed by atoms with Crippen molar-refractivity contribution in [2.24, 2.45) is 0 Å². The lowest BCUT2D eigenvalue weighted by Crippen LogP contribution is -2.32. The van der Waals surface area contributed by atoms with Crippen LogP contribution in [0.25, 0.3) is 6.08 Å². The lowest BCUT2D eigenvalue weighted by Gasteiger charge is -2.10. The van der Waals surface area contributed by atoms with Crippen LogP contribution in [0.2, 0.25) is 0 Å². The second kappa shape index (κ2) is 7.02. The number of ether oxygens (including phenoxy) is 3. The number of benzene rings is 1. The van der Waals surface area contributed by atoms with Gasteiger partial charge in [-0.2, -0.15) is 5.26 Å². The van der Waals surface area contributed by atoms with E-state index in [4.69, 9.17) is 14.2 Å². The number of carbonyl (C=O) groups excluding carboxylic acids is 1. The third kappa shape index (κ3) is 3.66. The van der Waals surface area contributed by atoms with E-state index in [1.807, 2.05) is 6.07 Å². The van der Waals surface area contributed by atoms with E-state index in [0.717, 1.165) is 23.9 Å². The summed E-state index contributed by atoms with van der Waals surface area (Å²) >= 11 is 3.39. The quantitative estimate of drug-likeness (QED) is 0.642. The maximum atomic E-state index is 12.1. The number of hydrogen-bond donors (Lipinski definition) is 1. The summed E-state index contributed by atoms with van der Waals surface area (Å²) in [7, 11) is 0. The Kier molecular flexibility index (Phi) is 4.84. The van der Waals surface area contributed by atoms with Gasteiger partial charge in [-0.05, 0) is 52.5 Å². The van der Waals surface area contributed by atoms with Crippen LogP contribution in [0, 0.1) is 11.3 Å². The van der Waals surface area contributed by atoms with Gasteiger partial charge < -0.3 is 19.5 Å². The SMILES string of the molecule is N#CC(=Cc1cc(Br)c2c(c1)OCO2)C(=O)NCC1CCCO1. The molecule has 1 atom stereocenters. The van der Waals surface area contributed by atoms with E-state index in [-0.39, 0.29) is 18.5 Å². The van der Waals surface area contributed by atoms with Crippen molar-refractivity contribution in [3.8, 4) is 17.6 Å². The van der Waals surface area contributed by atoms with Crippen molar-refractivity contribution in [1.82, 2.24) is 5.32 Å². The standard InChI is InChI=1S/C16H15BrN2O4/c17-13-5-10(6-14-15(13)23-9-22-14)4-11(7-18)16(20)19-8-12-2-1-3-21-12/h4-6,12H,1-3,8-9H2,(H,19,20). The first-order valence-electron chi connectivity index (χ1n) is 7.28. The Bertz CT molecular complexity index is 690. The molecule has 1 amide bonds. The average Bonchev–Trinajstić information content (AvgIpc) is 3.21. The van der Waals surface area contributed by atoms with Crippen molar-refractivity contribution in [2.45, 2.75) is 18.9 Å². The molecule has 0 aromatic heterocycles. The zero-order valence-corrected chi connectivity index (χ0v) is 13.9. The Morgan fingerprint density at radius 2 is 2.35 bits per heavy atom. The number of amides is 1. The van der Waals surface area contributed by atoms with Crippen LogP contribution in [-0.2, 0) is 9.53 Å². The molecule has 0 aliphatic carbocycles. The second-order valence-electron chi connectivity index (χ2n) is 5.25. The van der Waals surface area contributed by atoms with Crippen LogP contribution in [0.5, 0.6) is 11.5 Å². The van der Waals surface area contributed by atoms with Crippen LogP contribution in [0.4, 0.5) is 0 Å². The number of halogens is 1. The molecule has 1 N–H and O–H groups in total. The minimum absolute atomic E-state index is 0.0359. The van der Waals surface area contributed by atoms with Crippen LogP contribution >= 0.6 is 15.9 Å². The van der Waals surface area contributed by atoms with Crippen LogP contribution < -0.4 is 14.8 Å². The molecule has 23 heavy (non-hydrogen) atoms. The van der Waals surface area contributed by atoms with Gasteiger partial charge in [-0.25, -0.2) is 0 Å². The molecular formula is C16H15BrN2O4. The van der Waals surface area contributed by atoms with E-state index in [9.17, 15) is 10.1 Å². The summed E-state index contributed by atoms with van der Waals surface area (Å²) in [6.45, 7) is 1.31. The van der Waals surface area contributed by atoms with Crippen LogP contribution in [0.15, 0.2) is 22.2 Å². The maximum Gasteiger partial charge on any atom is 0.262 e. The number of rotatable bonds is 4. The van der Waals surface area contributed by atoms with Gasteiger partial charge in [-0.3, -0.25) is 4.79 Å². The smallest absolute Gasteiger partial charge is 0.262 e. The fraction of sp³-hybridized carbons (Fsp3) is 0.375. The summed E-state index contributed by atoms with van der Waals surface area (Å²) in [5.74, 6) is 0.808. The Hall–Kier alpha value is -2.04. The molecule has 1 saturated heterocycles. The van der Waals surface area contributed by atoms with Gasteiger partial charge in [0.15, 0.2) is 11.5 Å². The molecule has 6 nitrogen and oxygen atoms in total. The van der Waals surface area contributed by atoms with Gasteiger partial charge in [-0.15, -0.1) is 0 Å². The number of carbonyl (C=O) groups is 1. The van der Waals surface area contributed by atoms with E-state index in [2.05, 4.69) is 21.2 Å². The molecule has 0 saturated carbocycles. The highest BCUT2D eigenvalue weighted by atomic mass is 79.9. The van der Waals surface area contributed by atoms with E-state index >= 15 is 0 Å². The van der Waals surface area contributed by atoms with E-state index < -0.39 is 5.91 Å². The number of nitrogens with one attached hydrogen (secondary N) is 1. The van der Waals surface area contributed by atoms with Gasteiger partial charge in [0, 0.05) is 13.2 Å². The monoisotopic (exact) mass is 378 g/mol. The zero-order chi connectivity index (χ0) is 16.2. The second-order valence-corrected chi connectivity index (χ2v) is 6.11. The Morgan fingerprint density at radius 1 is 1.48 bits per heavy atom. The highest BCUT2D eigenvalue weighted by Gasteiger charge is 2.20. The van der Waals surface area contributed by atoms with E-state index in [0.29, 0.717) is 23.6 Å². The number of hydrogen-bond acceptors (Lipinski definition) is 5. The number of nitriles is 1. The molecule has 1 aromatic rings. The molecule has 1 aromatic carbocycles. The third-order valence-electron chi connectivity index (χ3n) is 3.64. The van der Waals surface area contributed by atoms with Gasteiger partial charge in [-0.1, -0.05) is 0 Å². The summed E-state index contributed by atoms with van der Waals surface area (Å²) in [5.41, 5.74) is 0.721. The first kappa shape index (κ1) is 15.8. The van der Waals surface area contributed by atoms with Crippen molar-refractivity contribution in [1.29, 1.82) is 5.26 Å². The highest BCUT2D eigenvalue weighted by molar-refractivity contribution is 9.10. The maximum absolute atomic E-state index is 12.1. The minimum Gasteiger partial charge on any atom is -0.454 e. The van der Waals surface area contributed by atoms with Gasteiger partial charge in [0.05, 0.1) is 10.6 Å². The summed E-state index contributed by atoms with van der Waals surface area (Å²) in [6, 6.07) is 5.44. The van der Waals surface area contributed by atoms with Gasteiger partial charge >= 0.3 is 0 Å². The molecule has 3 rings (SSSR count). The van der Waals surface area contributed by atoms with Crippen molar-refractivity contribution >= 4 is 27.9 Å². The molecule has 120 valence electrons. The van der Waals surface area contributed by atoms with Gasteiger partial charge in [0.2, 0.25) is 6.79 Å². The highest BCUT2D eigenvalue weighted by Crippen LogP contribution is 2.40. The first-order valence-corrected chi connectivity index (χ1v) is 8.07. The van der Waals surface area contributed by atoms with Crippen molar-refractivity contribution in [3.63, 3.8) is 0 Å². The topological polar surface area (TPSA) is 80.6 Å². The molecule has 2 aliphatic heterocycles. The van der Waals surface area contributed by atoms with Crippen LogP contribution in [-0.4, -0.2) is 32.0 Å². The van der Waals surface area contributed by atoms with Crippen LogP contribution in [0.3, 0.4) is 0 Å². The molecule has 2 heterocycles. The Balaban J connectivity index is 1.72. The van der Waals surface area contributed by atoms with Gasteiger partial charge in [0.25, 0.3) is 5.91 Å². The molecule has 7 heteroatoms. The van der Waals surface area contributed by atoms with Crippen LogP contribution in [0.1, 0.15) is 18.4 Å². The molecular weight excluding hydrogens is 364 g/mol. The fourth-order valence-corrected chi connectivity index (χ4v) is 3.07. The lowest BCUT2D eigenvalue weighted by molar-refractivity contribution is -0.117. The Morgan fingerprint density at radius 3 is 3.09 bits per heavy atom. The largest absolute Gasteiger partial charge is 0.454 e. The predicted octanol–water partition coefficient (Wildman–Crippen LogP) is 2.38. The minimum atomic E-state index is -0.406. The Labute approximate surface area is 142 Å². The summed E-state index contributed by atoms with van der Waals surface area (Å²) in [4.78, 5) is 12.1. The predicted molar refractivity (Wildman–Crippen MR) is 85.8 cm³/mol. The summed E-state index contributed by atoms with van der Waals surface area (Å²) < 4.78 is 16.8. The van der Waals surface area contributed by atoms with E-state index in [1.54, 1.807) is 12.1 Å². The first-order chi connectivity index (χ1) is 11.2. The molecule has 0 bridgehead atoms. The van der Waals surface area contributed by atoms with Crippen molar-refractivity contribution < 1.29 is 19.0 Å². The average molecular weight is 379 g/mol. The molecule has 0 radical (unpaired) electrons. The number of nitrogens with zero attached hydrogens (tertiary/aromatic N) is 1. The summed E-state index contributed by atoms with van der Waals surface area (Å²) in [5, 5.41) is 12.0. The lowest BCUT2D eigenvalue weighted by atomic mass is 10.1. The van der Waals surface area contributed by atoms with E-state index in [1.165, 1.54) is 6.08 Å². The zero-order valence-electron chi connectivity index (χ0n) is 12.3. The molecule has 1 fully saturated rings.